The first-order chi connectivity index (χ1) is 13.0. The molecule has 1 saturated carbocycles. The van der Waals surface area contributed by atoms with Gasteiger partial charge in [0.2, 0.25) is 15.9 Å². The summed E-state index contributed by atoms with van der Waals surface area (Å²) in [6.45, 7) is 1.81. The molecule has 27 heavy (non-hydrogen) atoms. The van der Waals surface area contributed by atoms with E-state index in [1.807, 2.05) is 17.0 Å². The zero-order valence-electron chi connectivity index (χ0n) is 16.0. The zero-order chi connectivity index (χ0) is 18.9. The molecule has 1 heterocycles. The molecule has 0 atom stereocenters. The molecule has 0 radical (unpaired) electrons. The van der Waals surface area contributed by atoms with Crippen molar-refractivity contribution in [1.29, 1.82) is 0 Å². The minimum absolute atomic E-state index is 0.191. The van der Waals surface area contributed by atoms with Gasteiger partial charge in [-0.15, -0.1) is 0 Å². The molecule has 0 N–H and O–H groups in total. The number of aryl methyl sites for hydroxylation is 2. The summed E-state index contributed by atoms with van der Waals surface area (Å²) in [5.41, 5.74) is 2.46. The Hall–Kier alpha value is -1.40. The monoisotopic (exact) mass is 390 g/mol. The van der Waals surface area contributed by atoms with E-state index in [0.717, 1.165) is 31.6 Å². The van der Waals surface area contributed by atoms with Gasteiger partial charge in [0.1, 0.15) is 0 Å². The molecule has 0 unspecified atom stereocenters. The third-order valence-electron chi connectivity index (χ3n) is 6.54. The average molecular weight is 391 g/mol. The normalized spacial score (nSPS) is 21.6. The van der Waals surface area contributed by atoms with E-state index in [9.17, 15) is 13.2 Å². The van der Waals surface area contributed by atoms with Crippen LogP contribution in [0.1, 0.15) is 56.1 Å². The number of rotatable bonds is 5. The maximum Gasteiger partial charge on any atom is 0.243 e. The molecule has 4 rings (SSSR count). The molecule has 1 saturated heterocycles. The fourth-order valence-corrected chi connectivity index (χ4v) is 6.29. The van der Waals surface area contributed by atoms with Crippen LogP contribution in [-0.4, -0.2) is 49.7 Å². The van der Waals surface area contributed by atoms with Gasteiger partial charge in [0.05, 0.1) is 4.90 Å². The number of amides is 1. The van der Waals surface area contributed by atoms with Gasteiger partial charge in [-0.1, -0.05) is 31.7 Å². The molecular weight excluding hydrogens is 360 g/mol. The lowest BCUT2D eigenvalue weighted by Gasteiger charge is -2.34. The number of carbonyl (C=O) groups is 1. The lowest BCUT2D eigenvalue weighted by Crippen LogP contribution is -2.50. The fraction of sp³-hybridized carbons (Fsp3) is 0.667. The van der Waals surface area contributed by atoms with Gasteiger partial charge in [-0.05, 0) is 54.9 Å². The van der Waals surface area contributed by atoms with Crippen LogP contribution < -0.4 is 0 Å². The van der Waals surface area contributed by atoms with Crippen LogP contribution in [0.25, 0.3) is 0 Å². The van der Waals surface area contributed by atoms with Crippen LogP contribution >= 0.6 is 0 Å². The number of hydrogen-bond acceptors (Lipinski definition) is 3. The Morgan fingerprint density at radius 3 is 2.41 bits per heavy atom. The number of hydrogen-bond donors (Lipinski definition) is 0. The number of nitrogens with zero attached hydrogens (tertiary/aromatic N) is 2. The van der Waals surface area contributed by atoms with Crippen molar-refractivity contribution in [2.45, 2.75) is 62.7 Å². The highest BCUT2D eigenvalue weighted by Gasteiger charge is 2.31. The summed E-state index contributed by atoms with van der Waals surface area (Å²) in [4.78, 5) is 14.7. The first-order valence-electron chi connectivity index (χ1n) is 10.4. The quantitative estimate of drug-likeness (QED) is 0.777. The molecule has 0 bridgehead atoms. The molecule has 2 fully saturated rings. The van der Waals surface area contributed by atoms with Gasteiger partial charge in [-0.3, -0.25) is 4.79 Å². The number of sulfonamides is 1. The van der Waals surface area contributed by atoms with Crippen molar-refractivity contribution in [2.75, 3.05) is 26.2 Å². The predicted octanol–water partition coefficient (Wildman–Crippen LogP) is 2.98. The van der Waals surface area contributed by atoms with Crippen LogP contribution in [0.5, 0.6) is 0 Å². The number of benzene rings is 1. The number of fused-ring (bicyclic) bond motifs is 1. The van der Waals surface area contributed by atoms with E-state index in [-0.39, 0.29) is 5.91 Å². The maximum absolute atomic E-state index is 13.0. The smallest absolute Gasteiger partial charge is 0.243 e. The minimum Gasteiger partial charge on any atom is -0.340 e. The van der Waals surface area contributed by atoms with E-state index in [2.05, 4.69) is 0 Å². The molecule has 0 aromatic heterocycles. The summed E-state index contributed by atoms with van der Waals surface area (Å²) in [7, 11) is -3.46. The third-order valence-corrected chi connectivity index (χ3v) is 8.43. The molecule has 148 valence electrons. The lowest BCUT2D eigenvalue weighted by molar-refractivity contribution is -0.132. The summed E-state index contributed by atoms with van der Waals surface area (Å²) in [5, 5.41) is 0. The van der Waals surface area contributed by atoms with Gasteiger partial charge in [0.15, 0.2) is 0 Å². The van der Waals surface area contributed by atoms with Gasteiger partial charge < -0.3 is 4.90 Å². The van der Waals surface area contributed by atoms with Crippen molar-refractivity contribution >= 4 is 15.9 Å². The van der Waals surface area contributed by atoms with E-state index in [4.69, 9.17) is 0 Å². The van der Waals surface area contributed by atoms with Crippen LogP contribution in [0.3, 0.4) is 0 Å². The van der Waals surface area contributed by atoms with Crippen molar-refractivity contribution in [1.82, 2.24) is 9.21 Å². The van der Waals surface area contributed by atoms with Crippen molar-refractivity contribution in [3.05, 3.63) is 29.3 Å². The summed E-state index contributed by atoms with van der Waals surface area (Å²) in [6, 6.07) is 5.58. The molecule has 1 aromatic rings. The van der Waals surface area contributed by atoms with Gasteiger partial charge >= 0.3 is 0 Å². The van der Waals surface area contributed by atoms with Crippen molar-refractivity contribution < 1.29 is 13.2 Å². The molecule has 3 aliphatic rings. The van der Waals surface area contributed by atoms with Gasteiger partial charge in [0.25, 0.3) is 0 Å². The minimum atomic E-state index is -3.46. The molecule has 6 heteroatoms. The Bertz CT molecular complexity index is 792. The Balaban J connectivity index is 1.33. The van der Waals surface area contributed by atoms with Crippen molar-refractivity contribution in [3.63, 3.8) is 0 Å². The van der Waals surface area contributed by atoms with Gasteiger partial charge in [-0.2, -0.15) is 4.31 Å². The van der Waals surface area contributed by atoms with E-state index < -0.39 is 10.0 Å². The summed E-state index contributed by atoms with van der Waals surface area (Å²) < 4.78 is 27.5. The SMILES string of the molecule is O=C(CCC1CCCC1)N1CCN(S(=O)(=O)c2ccc3c(c2)CCC3)CC1. The highest BCUT2D eigenvalue weighted by atomic mass is 32.2. The Labute approximate surface area is 162 Å². The van der Waals surface area contributed by atoms with Crippen LogP contribution in [0.2, 0.25) is 0 Å². The molecule has 1 aromatic carbocycles. The largest absolute Gasteiger partial charge is 0.340 e. The second-order valence-electron chi connectivity index (χ2n) is 8.26. The van der Waals surface area contributed by atoms with Crippen LogP contribution in [0.15, 0.2) is 23.1 Å². The van der Waals surface area contributed by atoms with Crippen LogP contribution in [-0.2, 0) is 27.7 Å². The number of piperazine rings is 1. The zero-order valence-corrected chi connectivity index (χ0v) is 16.8. The topological polar surface area (TPSA) is 57.7 Å². The van der Waals surface area contributed by atoms with E-state index in [0.29, 0.717) is 37.5 Å². The summed E-state index contributed by atoms with van der Waals surface area (Å²) in [6.07, 6.45) is 9.88. The molecule has 1 amide bonds. The van der Waals surface area contributed by atoms with Crippen molar-refractivity contribution in [2.24, 2.45) is 5.92 Å². The average Bonchev–Trinajstić information content (AvgIpc) is 3.37. The van der Waals surface area contributed by atoms with Crippen LogP contribution in [0.4, 0.5) is 0 Å². The molecule has 2 aliphatic carbocycles. The van der Waals surface area contributed by atoms with E-state index in [1.165, 1.54) is 36.8 Å². The molecule has 5 nitrogen and oxygen atoms in total. The second-order valence-corrected chi connectivity index (χ2v) is 10.2. The fourth-order valence-electron chi connectivity index (χ4n) is 4.82. The first kappa shape index (κ1) is 18.9. The molecule has 0 spiro atoms. The maximum atomic E-state index is 13.0. The number of carbonyl (C=O) groups excluding carboxylic acids is 1. The standard InChI is InChI=1S/C21H30N2O3S/c24-21(11-8-17-4-1-2-5-17)22-12-14-23(15-13-22)27(25,26)20-10-9-18-6-3-7-19(18)16-20/h9-10,16-17H,1-8,11-15H2. The first-order valence-corrected chi connectivity index (χ1v) is 11.9. The second kappa shape index (κ2) is 7.92. The highest BCUT2D eigenvalue weighted by molar-refractivity contribution is 7.89. The van der Waals surface area contributed by atoms with Gasteiger partial charge in [0, 0.05) is 32.6 Å². The van der Waals surface area contributed by atoms with Gasteiger partial charge in [-0.25, -0.2) is 8.42 Å². The molecular formula is C21H30N2O3S. The van der Waals surface area contributed by atoms with E-state index in [1.54, 1.807) is 10.4 Å². The predicted molar refractivity (Wildman–Crippen MR) is 105 cm³/mol. The summed E-state index contributed by atoms with van der Waals surface area (Å²) >= 11 is 0. The highest BCUT2D eigenvalue weighted by Crippen LogP contribution is 2.29. The van der Waals surface area contributed by atoms with Crippen molar-refractivity contribution in [3.8, 4) is 0 Å². The third kappa shape index (κ3) is 4.06. The Morgan fingerprint density at radius 1 is 0.963 bits per heavy atom. The van der Waals surface area contributed by atoms with E-state index >= 15 is 0 Å². The summed E-state index contributed by atoms with van der Waals surface area (Å²) in [5.74, 6) is 0.909. The van der Waals surface area contributed by atoms with Crippen LogP contribution in [0, 0.1) is 5.92 Å². The molecule has 1 aliphatic heterocycles. The Kier molecular flexibility index (Phi) is 5.55. The Morgan fingerprint density at radius 2 is 1.67 bits per heavy atom. The lowest BCUT2D eigenvalue weighted by atomic mass is 10.0.